The van der Waals surface area contributed by atoms with E-state index in [1.165, 1.54) is 0 Å². The first-order valence-corrected chi connectivity index (χ1v) is 5.02. The number of aliphatic hydroxyl groups is 2. The van der Waals surface area contributed by atoms with Gasteiger partial charge in [0.05, 0.1) is 13.2 Å². The lowest BCUT2D eigenvalue weighted by Crippen LogP contribution is -2.34. The molecular weight excluding hydrogens is 235 g/mol. The number of nitrogens with one attached hydrogen (secondary N) is 1. The van der Waals surface area contributed by atoms with Gasteiger partial charge in [-0.3, -0.25) is 0 Å². The molecule has 0 radical (unpaired) electrons. The van der Waals surface area contributed by atoms with E-state index in [-0.39, 0.29) is 25.4 Å². The third-order valence-corrected chi connectivity index (χ3v) is 2.47. The van der Waals surface area contributed by atoms with Crippen LogP contribution < -0.4 is 5.32 Å². The number of hydrogen-bond acceptors (Lipinski definition) is 3. The molecule has 0 unspecified atom stereocenters. The largest absolute Gasteiger partial charge is 0.396 e. The van der Waals surface area contributed by atoms with E-state index < -0.39 is 22.9 Å². The van der Waals surface area contributed by atoms with Gasteiger partial charge in [0.15, 0.2) is 17.5 Å². The van der Waals surface area contributed by atoms with E-state index in [1.54, 1.807) is 6.92 Å². The Bertz CT molecular complexity index is 371. The summed E-state index contributed by atoms with van der Waals surface area (Å²) in [5.41, 5.74) is -0.768. The molecule has 0 aliphatic rings. The Morgan fingerprint density at radius 2 is 1.59 bits per heavy atom. The van der Waals surface area contributed by atoms with Crippen LogP contribution in [-0.2, 0) is 0 Å². The molecule has 0 fully saturated rings. The third-order valence-electron chi connectivity index (χ3n) is 2.47. The molecule has 0 saturated carbocycles. The Kier molecular flexibility index (Phi) is 4.36. The SMILES string of the molecule is CC(CO)(CO)CNc1cc(F)c(F)c(F)c1. The van der Waals surface area contributed by atoms with Gasteiger partial charge >= 0.3 is 0 Å². The van der Waals surface area contributed by atoms with E-state index in [0.717, 1.165) is 12.1 Å². The van der Waals surface area contributed by atoms with Gasteiger partial charge in [0, 0.05) is 29.8 Å². The topological polar surface area (TPSA) is 52.5 Å². The fourth-order valence-corrected chi connectivity index (χ4v) is 1.13. The first-order valence-electron chi connectivity index (χ1n) is 5.02. The van der Waals surface area contributed by atoms with Crippen LogP contribution in [0.15, 0.2) is 12.1 Å². The summed E-state index contributed by atoms with van der Waals surface area (Å²) in [6, 6.07) is 1.63. The average Bonchev–Trinajstić information content (AvgIpc) is 2.32. The van der Waals surface area contributed by atoms with Crippen molar-refractivity contribution in [3.05, 3.63) is 29.6 Å². The number of hydrogen-bond donors (Lipinski definition) is 3. The molecule has 0 atom stereocenters. The average molecular weight is 249 g/mol. The minimum Gasteiger partial charge on any atom is -0.396 e. The summed E-state index contributed by atoms with van der Waals surface area (Å²) in [6.07, 6.45) is 0. The number of rotatable bonds is 5. The molecule has 6 heteroatoms. The highest BCUT2D eigenvalue weighted by atomic mass is 19.2. The van der Waals surface area contributed by atoms with Crippen molar-refractivity contribution in [3.63, 3.8) is 0 Å². The summed E-state index contributed by atoms with van der Waals surface area (Å²) >= 11 is 0. The molecule has 0 aliphatic heterocycles. The van der Waals surface area contributed by atoms with Crippen LogP contribution in [0, 0.1) is 22.9 Å². The molecule has 0 amide bonds. The number of halogens is 3. The number of anilines is 1. The van der Waals surface area contributed by atoms with Crippen LogP contribution in [-0.4, -0.2) is 30.0 Å². The molecule has 0 aliphatic carbocycles. The molecule has 1 aromatic rings. The highest BCUT2D eigenvalue weighted by molar-refractivity contribution is 5.44. The molecule has 0 heterocycles. The number of aliphatic hydroxyl groups excluding tert-OH is 2. The van der Waals surface area contributed by atoms with E-state index in [2.05, 4.69) is 5.32 Å². The minimum absolute atomic E-state index is 0.0505. The van der Waals surface area contributed by atoms with Crippen molar-refractivity contribution in [2.75, 3.05) is 25.1 Å². The fraction of sp³-hybridized carbons (Fsp3) is 0.455. The minimum atomic E-state index is -1.53. The van der Waals surface area contributed by atoms with Crippen LogP contribution in [0.4, 0.5) is 18.9 Å². The summed E-state index contributed by atoms with van der Waals surface area (Å²) in [7, 11) is 0. The monoisotopic (exact) mass is 249 g/mol. The van der Waals surface area contributed by atoms with E-state index in [1.807, 2.05) is 0 Å². The maximum Gasteiger partial charge on any atom is 0.194 e. The smallest absolute Gasteiger partial charge is 0.194 e. The van der Waals surface area contributed by atoms with Crippen LogP contribution >= 0.6 is 0 Å². The third kappa shape index (κ3) is 3.34. The molecule has 1 aromatic carbocycles. The zero-order chi connectivity index (χ0) is 13.1. The first kappa shape index (κ1) is 13.8. The summed E-state index contributed by atoms with van der Waals surface area (Å²) in [5, 5.41) is 20.6. The summed E-state index contributed by atoms with van der Waals surface area (Å²) in [5.74, 6) is -4.10. The molecule has 0 saturated heterocycles. The summed E-state index contributed by atoms with van der Waals surface area (Å²) < 4.78 is 38.4. The van der Waals surface area contributed by atoms with Gasteiger partial charge in [-0.1, -0.05) is 6.92 Å². The molecule has 0 aromatic heterocycles. The van der Waals surface area contributed by atoms with Gasteiger partial charge in [-0.15, -0.1) is 0 Å². The van der Waals surface area contributed by atoms with Crippen LogP contribution in [0.5, 0.6) is 0 Å². The molecular formula is C11H14F3NO2. The van der Waals surface area contributed by atoms with E-state index in [0.29, 0.717) is 0 Å². The lowest BCUT2D eigenvalue weighted by molar-refractivity contribution is 0.0806. The standard InChI is InChI=1S/C11H14F3NO2/c1-11(5-16,6-17)4-15-7-2-8(12)10(14)9(13)3-7/h2-3,15-17H,4-6H2,1H3. The van der Waals surface area contributed by atoms with Crippen molar-refractivity contribution < 1.29 is 23.4 Å². The number of benzene rings is 1. The second kappa shape index (κ2) is 5.37. The van der Waals surface area contributed by atoms with Crippen LogP contribution in [0.3, 0.4) is 0 Å². The van der Waals surface area contributed by atoms with Crippen LogP contribution in [0.1, 0.15) is 6.92 Å². The van der Waals surface area contributed by atoms with E-state index in [9.17, 15) is 13.2 Å². The summed E-state index contributed by atoms with van der Waals surface area (Å²) in [6.45, 7) is 1.12. The zero-order valence-corrected chi connectivity index (χ0v) is 9.30. The van der Waals surface area contributed by atoms with Gasteiger partial charge in [0.1, 0.15) is 0 Å². The maximum absolute atomic E-state index is 12.9. The predicted octanol–water partition coefficient (Wildman–Crippen LogP) is 1.51. The molecule has 17 heavy (non-hydrogen) atoms. The van der Waals surface area contributed by atoms with Crippen molar-refractivity contribution in [1.82, 2.24) is 0 Å². The Hall–Kier alpha value is -1.27. The highest BCUT2D eigenvalue weighted by Crippen LogP contribution is 2.20. The van der Waals surface area contributed by atoms with Crippen molar-refractivity contribution in [2.45, 2.75) is 6.92 Å². The lowest BCUT2D eigenvalue weighted by Gasteiger charge is -2.25. The molecule has 96 valence electrons. The second-order valence-corrected chi connectivity index (χ2v) is 4.23. The van der Waals surface area contributed by atoms with Crippen molar-refractivity contribution in [1.29, 1.82) is 0 Å². The molecule has 0 spiro atoms. The van der Waals surface area contributed by atoms with Gasteiger partial charge in [0.2, 0.25) is 0 Å². The maximum atomic E-state index is 12.9. The van der Waals surface area contributed by atoms with Crippen LogP contribution in [0.2, 0.25) is 0 Å². The van der Waals surface area contributed by atoms with Gasteiger partial charge in [-0.2, -0.15) is 0 Å². The van der Waals surface area contributed by atoms with Gasteiger partial charge < -0.3 is 15.5 Å². The molecule has 3 N–H and O–H groups in total. The second-order valence-electron chi connectivity index (χ2n) is 4.23. The molecule has 1 rings (SSSR count). The Morgan fingerprint density at radius 1 is 1.12 bits per heavy atom. The van der Waals surface area contributed by atoms with E-state index in [4.69, 9.17) is 10.2 Å². The van der Waals surface area contributed by atoms with Gasteiger partial charge in [-0.05, 0) is 0 Å². The quantitative estimate of drug-likeness (QED) is 0.693. The Balaban J connectivity index is 2.76. The van der Waals surface area contributed by atoms with Gasteiger partial charge in [0.25, 0.3) is 0 Å². The fourth-order valence-electron chi connectivity index (χ4n) is 1.13. The van der Waals surface area contributed by atoms with Crippen molar-refractivity contribution >= 4 is 5.69 Å². The molecule has 3 nitrogen and oxygen atoms in total. The summed E-state index contributed by atoms with van der Waals surface area (Å²) in [4.78, 5) is 0. The lowest BCUT2D eigenvalue weighted by atomic mass is 9.93. The van der Waals surface area contributed by atoms with Crippen molar-refractivity contribution in [2.24, 2.45) is 5.41 Å². The molecule has 0 bridgehead atoms. The Labute approximate surface area is 96.9 Å². The van der Waals surface area contributed by atoms with Crippen molar-refractivity contribution in [3.8, 4) is 0 Å². The normalized spacial score (nSPS) is 11.6. The zero-order valence-electron chi connectivity index (χ0n) is 9.30. The van der Waals surface area contributed by atoms with E-state index >= 15 is 0 Å². The predicted molar refractivity (Wildman–Crippen MR) is 57.1 cm³/mol. The highest BCUT2D eigenvalue weighted by Gasteiger charge is 2.22. The Morgan fingerprint density at radius 3 is 2.00 bits per heavy atom. The van der Waals surface area contributed by atoms with Crippen LogP contribution in [0.25, 0.3) is 0 Å². The first-order chi connectivity index (χ1) is 7.91. The van der Waals surface area contributed by atoms with Gasteiger partial charge in [-0.25, -0.2) is 13.2 Å².